The van der Waals surface area contributed by atoms with Crippen LogP contribution in [0.2, 0.25) is 0 Å². The molecule has 0 aromatic heterocycles. The normalized spacial score (nSPS) is 26.5. The van der Waals surface area contributed by atoms with Crippen LogP contribution in [0.15, 0.2) is 0 Å². The molecule has 0 aromatic rings. The number of hydrogen-bond donors (Lipinski definition) is 3. The zero-order chi connectivity index (χ0) is 19.0. The summed E-state index contributed by atoms with van der Waals surface area (Å²) in [7, 11) is 0. The van der Waals surface area contributed by atoms with Gasteiger partial charge in [0.25, 0.3) is 5.91 Å². The van der Waals surface area contributed by atoms with Crippen LogP contribution in [0.1, 0.15) is 60.3 Å². The van der Waals surface area contributed by atoms with Gasteiger partial charge >= 0.3 is 6.03 Å². The van der Waals surface area contributed by atoms with Gasteiger partial charge in [0, 0.05) is 12.1 Å². The highest BCUT2D eigenvalue weighted by molar-refractivity contribution is 6.09. The van der Waals surface area contributed by atoms with Gasteiger partial charge in [-0.1, -0.05) is 20.8 Å². The standard InChI is InChI=1S/C18H32N4O3.ClH/c1-16(2,3)12-6-8-18(9-7-12)14(24)22(15(25)21-18)10-13(23)20-17(4,5)11-19;/h12H,6-11,19H2,1-5H3,(H,20,23)(H,21,25);1H. The smallest absolute Gasteiger partial charge is 0.325 e. The molecule has 0 aromatic carbocycles. The van der Waals surface area contributed by atoms with Crippen LogP contribution >= 0.6 is 12.4 Å². The van der Waals surface area contributed by atoms with E-state index < -0.39 is 17.1 Å². The van der Waals surface area contributed by atoms with Crippen molar-refractivity contribution in [2.24, 2.45) is 17.1 Å². The first-order valence-electron chi connectivity index (χ1n) is 9.05. The lowest BCUT2D eigenvalue weighted by atomic mass is 9.67. The number of amides is 4. The fourth-order valence-electron chi connectivity index (χ4n) is 3.75. The summed E-state index contributed by atoms with van der Waals surface area (Å²) in [6.07, 6.45) is 3.06. The number of carbonyl (C=O) groups is 3. The van der Waals surface area contributed by atoms with Crippen molar-refractivity contribution < 1.29 is 14.4 Å². The summed E-state index contributed by atoms with van der Waals surface area (Å²) in [6, 6.07) is -0.472. The molecule has 150 valence electrons. The van der Waals surface area contributed by atoms with Gasteiger partial charge in [0.1, 0.15) is 12.1 Å². The van der Waals surface area contributed by atoms with Gasteiger partial charge in [0.15, 0.2) is 0 Å². The second kappa shape index (κ2) is 7.72. The third-order valence-corrected chi connectivity index (χ3v) is 5.60. The van der Waals surface area contributed by atoms with Crippen LogP contribution in [0.25, 0.3) is 0 Å². The molecule has 7 nitrogen and oxygen atoms in total. The number of rotatable bonds is 4. The summed E-state index contributed by atoms with van der Waals surface area (Å²) in [6.45, 7) is 10.2. The molecule has 1 saturated carbocycles. The van der Waals surface area contributed by atoms with Gasteiger partial charge in [0.05, 0.1) is 0 Å². The average Bonchev–Trinajstić information content (AvgIpc) is 2.71. The first-order chi connectivity index (χ1) is 11.4. The van der Waals surface area contributed by atoms with Gasteiger partial charge in [-0.3, -0.25) is 14.5 Å². The van der Waals surface area contributed by atoms with Gasteiger partial charge in [-0.15, -0.1) is 12.4 Å². The highest BCUT2D eigenvalue weighted by Crippen LogP contribution is 2.43. The summed E-state index contributed by atoms with van der Waals surface area (Å²) in [5.41, 5.74) is 4.40. The number of nitrogens with two attached hydrogens (primary N) is 1. The maximum Gasteiger partial charge on any atom is 0.325 e. The molecule has 4 amide bonds. The van der Waals surface area contributed by atoms with Crippen molar-refractivity contribution in [3.05, 3.63) is 0 Å². The third kappa shape index (κ3) is 4.68. The fourth-order valence-corrected chi connectivity index (χ4v) is 3.75. The Kier molecular flexibility index (Phi) is 6.74. The maximum absolute atomic E-state index is 12.9. The molecule has 2 fully saturated rings. The first kappa shape index (κ1) is 22.7. The third-order valence-electron chi connectivity index (χ3n) is 5.60. The number of halogens is 1. The van der Waals surface area contributed by atoms with Crippen LogP contribution < -0.4 is 16.4 Å². The quantitative estimate of drug-likeness (QED) is 0.638. The van der Waals surface area contributed by atoms with Crippen LogP contribution in [-0.4, -0.2) is 46.9 Å². The van der Waals surface area contributed by atoms with Gasteiger partial charge < -0.3 is 16.4 Å². The van der Waals surface area contributed by atoms with E-state index in [-0.39, 0.29) is 42.7 Å². The predicted molar refractivity (Wildman–Crippen MR) is 103 cm³/mol. The van der Waals surface area contributed by atoms with Crippen LogP contribution in [0.5, 0.6) is 0 Å². The molecule has 4 N–H and O–H groups in total. The molecule has 8 heteroatoms. The molecule has 2 rings (SSSR count). The van der Waals surface area contributed by atoms with E-state index in [1.165, 1.54) is 0 Å². The highest BCUT2D eigenvalue weighted by Gasteiger charge is 2.53. The SMILES string of the molecule is CC(C)(CN)NC(=O)CN1C(=O)NC2(CCC(C(C)(C)C)CC2)C1=O.Cl. The molecule has 0 unspecified atom stereocenters. The molecule has 2 aliphatic rings. The summed E-state index contributed by atoms with van der Waals surface area (Å²) < 4.78 is 0. The molecule has 1 heterocycles. The average molecular weight is 389 g/mol. The van der Waals surface area contributed by atoms with Crippen molar-refractivity contribution in [3.8, 4) is 0 Å². The van der Waals surface area contributed by atoms with Gasteiger partial charge in [-0.05, 0) is 50.9 Å². The van der Waals surface area contributed by atoms with E-state index in [2.05, 4.69) is 31.4 Å². The second-order valence-corrected chi connectivity index (χ2v) is 9.18. The Morgan fingerprint density at radius 2 is 1.77 bits per heavy atom. The van der Waals surface area contributed by atoms with E-state index in [4.69, 9.17) is 5.73 Å². The Morgan fingerprint density at radius 1 is 1.23 bits per heavy atom. The van der Waals surface area contributed by atoms with Crippen LogP contribution in [0.4, 0.5) is 4.79 Å². The second-order valence-electron chi connectivity index (χ2n) is 9.18. The van der Waals surface area contributed by atoms with Gasteiger partial charge in [-0.2, -0.15) is 0 Å². The van der Waals surface area contributed by atoms with Crippen molar-refractivity contribution in [1.82, 2.24) is 15.5 Å². The molecule has 1 saturated heterocycles. The van der Waals surface area contributed by atoms with E-state index in [9.17, 15) is 14.4 Å². The predicted octanol–water partition coefficient (Wildman–Crippen LogP) is 1.79. The summed E-state index contributed by atoms with van der Waals surface area (Å²) in [4.78, 5) is 38.4. The molecule has 26 heavy (non-hydrogen) atoms. The Balaban J connectivity index is 0.00000338. The summed E-state index contributed by atoms with van der Waals surface area (Å²) in [5.74, 6) is -0.115. The Labute approximate surface area is 162 Å². The lowest BCUT2D eigenvalue weighted by molar-refractivity contribution is -0.136. The van der Waals surface area contributed by atoms with Crippen molar-refractivity contribution in [3.63, 3.8) is 0 Å². The van der Waals surface area contributed by atoms with E-state index >= 15 is 0 Å². The first-order valence-corrected chi connectivity index (χ1v) is 9.05. The van der Waals surface area contributed by atoms with Crippen LogP contribution in [0.3, 0.4) is 0 Å². The van der Waals surface area contributed by atoms with Crippen LogP contribution in [0, 0.1) is 11.3 Å². The summed E-state index contributed by atoms with van der Waals surface area (Å²) >= 11 is 0. The lowest BCUT2D eigenvalue weighted by Gasteiger charge is -2.40. The topological polar surface area (TPSA) is 105 Å². The number of urea groups is 1. The highest BCUT2D eigenvalue weighted by atomic mass is 35.5. The summed E-state index contributed by atoms with van der Waals surface area (Å²) in [5, 5.41) is 5.61. The Morgan fingerprint density at radius 3 is 2.23 bits per heavy atom. The molecule has 0 bridgehead atoms. The number of nitrogens with one attached hydrogen (secondary N) is 2. The largest absolute Gasteiger partial charge is 0.348 e. The molecular weight excluding hydrogens is 356 g/mol. The fraction of sp³-hybridized carbons (Fsp3) is 0.833. The zero-order valence-corrected chi connectivity index (χ0v) is 17.3. The van der Waals surface area contributed by atoms with E-state index in [1.54, 1.807) is 13.8 Å². The van der Waals surface area contributed by atoms with E-state index in [0.717, 1.165) is 17.7 Å². The monoisotopic (exact) mass is 388 g/mol. The van der Waals surface area contributed by atoms with E-state index in [0.29, 0.717) is 18.8 Å². The molecular formula is C18H33ClN4O3. The van der Waals surface area contributed by atoms with Crippen molar-refractivity contribution in [2.75, 3.05) is 13.1 Å². The Hall–Kier alpha value is -1.34. The van der Waals surface area contributed by atoms with Gasteiger partial charge in [-0.25, -0.2) is 4.79 Å². The lowest BCUT2D eigenvalue weighted by Crippen LogP contribution is -2.53. The zero-order valence-electron chi connectivity index (χ0n) is 16.5. The number of nitrogens with zero attached hydrogens (tertiary/aromatic N) is 1. The minimum atomic E-state index is -0.831. The number of imide groups is 1. The van der Waals surface area contributed by atoms with Crippen molar-refractivity contribution in [2.45, 2.75) is 71.4 Å². The minimum Gasteiger partial charge on any atom is -0.348 e. The molecule has 1 spiro atoms. The maximum atomic E-state index is 12.9. The number of hydrogen-bond acceptors (Lipinski definition) is 4. The Bertz CT molecular complexity index is 563. The minimum absolute atomic E-state index is 0. The molecule has 0 radical (unpaired) electrons. The molecule has 0 atom stereocenters. The molecule has 1 aliphatic carbocycles. The van der Waals surface area contributed by atoms with Gasteiger partial charge in [0.2, 0.25) is 5.91 Å². The molecule has 1 aliphatic heterocycles. The van der Waals surface area contributed by atoms with Crippen LogP contribution in [-0.2, 0) is 9.59 Å². The number of carbonyl (C=O) groups excluding carboxylic acids is 3. The van der Waals surface area contributed by atoms with E-state index in [1.807, 2.05) is 0 Å². The van der Waals surface area contributed by atoms with Crippen molar-refractivity contribution in [1.29, 1.82) is 0 Å². The van der Waals surface area contributed by atoms with Crippen molar-refractivity contribution >= 4 is 30.3 Å².